The molecule has 0 aromatic heterocycles. The molecule has 3 N–H and O–H groups in total. The first-order valence-electron chi connectivity index (χ1n) is 19.2. The number of fused-ring (bicyclic) bond motifs is 1. The van der Waals surface area contributed by atoms with E-state index in [1.54, 1.807) is 36.4 Å². The maximum atomic E-state index is 13.3. The standard InChI is InChI=1S/C43H48ClN5O7/c1-42(2)40(43(3,4)41(42)56-29-18-17-28(25-45)31(44)24-29)48-36(51)27-15-13-26(14-16-27)10-6-5-7-22-55-23-9-21-46-32-12-8-11-30-35(32)39(54)49(38(30)53)33-19-20-34(50)47-37(33)52/h8,11-18,24,33,40-41,46H,5-7,9-10,19-23H2,1-4H3,(H,48,51)(H,47,50,52)/t33?,40-,41-. The highest BCUT2D eigenvalue weighted by Gasteiger charge is 2.64. The molecule has 0 radical (unpaired) electrons. The number of imide groups is 2. The van der Waals surface area contributed by atoms with Gasteiger partial charge in [0.2, 0.25) is 11.8 Å². The molecule has 0 bridgehead atoms. The van der Waals surface area contributed by atoms with Crippen LogP contribution in [0.3, 0.4) is 0 Å². The number of ether oxygens (including phenoxy) is 2. The molecule has 2 fully saturated rings. The second-order valence-electron chi connectivity index (χ2n) is 15.9. The Labute approximate surface area is 332 Å². The number of anilines is 1. The van der Waals surface area contributed by atoms with Crippen molar-refractivity contribution in [1.29, 1.82) is 5.26 Å². The van der Waals surface area contributed by atoms with Gasteiger partial charge in [-0.25, -0.2) is 0 Å². The van der Waals surface area contributed by atoms with E-state index in [1.165, 1.54) is 5.56 Å². The van der Waals surface area contributed by atoms with Crippen LogP contribution in [0.1, 0.15) is 108 Å². The quantitative estimate of drug-likeness (QED) is 0.109. The van der Waals surface area contributed by atoms with Crippen LogP contribution in [-0.4, -0.2) is 72.4 Å². The second kappa shape index (κ2) is 16.9. The molecule has 56 heavy (non-hydrogen) atoms. The van der Waals surface area contributed by atoms with Crippen molar-refractivity contribution in [2.75, 3.05) is 25.1 Å². The molecule has 294 valence electrons. The normalized spacial score (nSPS) is 20.8. The monoisotopic (exact) mass is 781 g/mol. The van der Waals surface area contributed by atoms with Gasteiger partial charge in [-0.15, -0.1) is 0 Å². The summed E-state index contributed by atoms with van der Waals surface area (Å²) in [4.78, 5) is 64.5. The van der Waals surface area contributed by atoms with Crippen molar-refractivity contribution >= 4 is 46.8 Å². The van der Waals surface area contributed by atoms with Crippen LogP contribution in [-0.2, 0) is 20.7 Å². The van der Waals surface area contributed by atoms with Gasteiger partial charge in [-0.05, 0) is 74.1 Å². The molecule has 5 amide bonds. The third-order valence-electron chi connectivity index (χ3n) is 11.1. The lowest BCUT2D eigenvalue weighted by atomic mass is 9.49. The van der Waals surface area contributed by atoms with E-state index in [1.807, 2.05) is 24.3 Å². The Morgan fingerprint density at radius 3 is 2.38 bits per heavy atom. The summed E-state index contributed by atoms with van der Waals surface area (Å²) in [5, 5.41) is 18.2. The number of carbonyl (C=O) groups is 5. The summed E-state index contributed by atoms with van der Waals surface area (Å²) in [5.74, 6) is -1.64. The van der Waals surface area contributed by atoms with E-state index in [0.717, 1.165) is 30.6 Å². The van der Waals surface area contributed by atoms with Crippen molar-refractivity contribution in [1.82, 2.24) is 15.5 Å². The van der Waals surface area contributed by atoms with Gasteiger partial charge in [0.25, 0.3) is 17.7 Å². The zero-order chi connectivity index (χ0) is 40.2. The number of nitrogens with zero attached hydrogens (tertiary/aromatic N) is 2. The van der Waals surface area contributed by atoms with Gasteiger partial charge < -0.3 is 20.1 Å². The first kappa shape index (κ1) is 40.4. The highest BCUT2D eigenvalue weighted by molar-refractivity contribution is 6.31. The van der Waals surface area contributed by atoms with Gasteiger partial charge in [-0.2, -0.15) is 5.26 Å². The summed E-state index contributed by atoms with van der Waals surface area (Å²) in [7, 11) is 0. The largest absolute Gasteiger partial charge is 0.489 e. The van der Waals surface area contributed by atoms with Gasteiger partial charge in [0.05, 0.1) is 21.7 Å². The number of nitrogens with one attached hydrogen (secondary N) is 3. The fourth-order valence-corrected chi connectivity index (χ4v) is 8.72. The lowest BCUT2D eigenvalue weighted by molar-refractivity contribution is -0.164. The average Bonchev–Trinajstić information content (AvgIpc) is 3.42. The Balaban J connectivity index is 0.864. The molecule has 3 aromatic carbocycles. The number of unbranched alkanes of at least 4 members (excludes halogenated alkanes) is 2. The first-order chi connectivity index (χ1) is 26.7. The van der Waals surface area contributed by atoms with E-state index >= 15 is 0 Å². The van der Waals surface area contributed by atoms with Gasteiger partial charge in [-0.3, -0.25) is 34.2 Å². The van der Waals surface area contributed by atoms with Crippen LogP contribution in [0.4, 0.5) is 5.69 Å². The van der Waals surface area contributed by atoms with Crippen LogP contribution in [0.2, 0.25) is 5.02 Å². The second-order valence-corrected chi connectivity index (χ2v) is 16.3. The molecule has 1 unspecified atom stereocenters. The number of hydrogen-bond donors (Lipinski definition) is 3. The molecule has 12 nitrogen and oxygen atoms in total. The van der Waals surface area contributed by atoms with E-state index in [9.17, 15) is 29.2 Å². The molecule has 2 aliphatic heterocycles. The summed E-state index contributed by atoms with van der Waals surface area (Å²) >= 11 is 6.22. The number of carbonyl (C=O) groups excluding carboxylic acids is 5. The van der Waals surface area contributed by atoms with Crippen LogP contribution in [0, 0.1) is 22.2 Å². The molecule has 13 heteroatoms. The summed E-state index contributed by atoms with van der Waals surface area (Å²) in [6.07, 6.45) is 4.51. The number of halogens is 1. The first-order valence-corrected chi connectivity index (χ1v) is 19.5. The third kappa shape index (κ3) is 8.30. The molecular formula is C43H48ClN5O7. The minimum Gasteiger partial charge on any atom is -0.489 e. The molecule has 3 aromatic rings. The maximum Gasteiger partial charge on any atom is 0.264 e. The highest BCUT2D eigenvalue weighted by Crippen LogP contribution is 2.55. The maximum absolute atomic E-state index is 13.3. The van der Waals surface area contributed by atoms with Crippen LogP contribution in [0.25, 0.3) is 0 Å². The summed E-state index contributed by atoms with van der Waals surface area (Å²) < 4.78 is 12.2. The fourth-order valence-electron chi connectivity index (χ4n) is 8.50. The molecule has 1 saturated heterocycles. The molecule has 3 aliphatic rings. The molecule has 6 rings (SSSR count). The number of hydrogen-bond acceptors (Lipinski definition) is 9. The Hall–Kier alpha value is -5.25. The molecule has 2 heterocycles. The number of aryl methyl sites for hydroxylation is 1. The van der Waals surface area contributed by atoms with Crippen molar-refractivity contribution in [3.05, 3.63) is 93.5 Å². The van der Waals surface area contributed by atoms with Crippen LogP contribution in [0.15, 0.2) is 60.7 Å². The number of benzene rings is 3. The topological polar surface area (TPSA) is 167 Å². The lowest BCUT2D eigenvalue weighted by Crippen LogP contribution is -2.74. The van der Waals surface area contributed by atoms with Crippen molar-refractivity contribution < 1.29 is 33.4 Å². The Morgan fingerprint density at radius 2 is 1.68 bits per heavy atom. The van der Waals surface area contributed by atoms with Gasteiger partial charge in [0.1, 0.15) is 24.0 Å². The Kier molecular flexibility index (Phi) is 12.2. The highest BCUT2D eigenvalue weighted by atomic mass is 35.5. The number of piperidine rings is 1. The van der Waals surface area contributed by atoms with Gasteiger partial charge in [-0.1, -0.05) is 63.9 Å². The fraction of sp³-hybridized carbons (Fsp3) is 0.442. The Bertz CT molecular complexity index is 2040. The van der Waals surface area contributed by atoms with Gasteiger partial charge in [0.15, 0.2) is 0 Å². The van der Waals surface area contributed by atoms with Gasteiger partial charge in [0, 0.05) is 60.4 Å². The van der Waals surface area contributed by atoms with Crippen molar-refractivity contribution in [3.8, 4) is 11.8 Å². The third-order valence-corrected chi connectivity index (χ3v) is 11.5. The average molecular weight is 782 g/mol. The molecular weight excluding hydrogens is 734 g/mol. The molecule has 0 spiro atoms. The predicted molar refractivity (Wildman–Crippen MR) is 210 cm³/mol. The van der Waals surface area contributed by atoms with E-state index in [4.69, 9.17) is 21.1 Å². The zero-order valence-corrected chi connectivity index (χ0v) is 33.0. The summed E-state index contributed by atoms with van der Waals surface area (Å²) in [6.45, 7) is 10.0. The van der Waals surface area contributed by atoms with Crippen LogP contribution < -0.4 is 20.7 Å². The number of amides is 5. The van der Waals surface area contributed by atoms with Gasteiger partial charge >= 0.3 is 0 Å². The molecule has 1 aliphatic carbocycles. The van der Waals surface area contributed by atoms with Crippen molar-refractivity contribution in [2.45, 2.75) is 90.8 Å². The van der Waals surface area contributed by atoms with E-state index < -0.39 is 29.7 Å². The van der Waals surface area contributed by atoms with Crippen molar-refractivity contribution in [2.24, 2.45) is 10.8 Å². The lowest BCUT2D eigenvalue weighted by Gasteiger charge is -2.63. The SMILES string of the molecule is CC1(C)[C@H](NC(=O)c2ccc(CCCCCOCCCNc3cccc4c3C(=O)N(C3CCC(=O)NC3=O)C4=O)cc2)C(C)(C)[C@H]1Oc1ccc(C#N)c(Cl)c1. The Morgan fingerprint density at radius 1 is 0.946 bits per heavy atom. The smallest absolute Gasteiger partial charge is 0.264 e. The molecule has 1 atom stereocenters. The van der Waals surface area contributed by atoms with E-state index in [0.29, 0.717) is 53.8 Å². The summed E-state index contributed by atoms with van der Waals surface area (Å²) in [6, 6.07) is 18.8. The minimum atomic E-state index is -1.00. The van der Waals surface area contributed by atoms with Crippen LogP contribution in [0.5, 0.6) is 5.75 Å². The van der Waals surface area contributed by atoms with E-state index in [-0.39, 0.29) is 52.9 Å². The number of nitriles is 1. The van der Waals surface area contributed by atoms with Crippen LogP contribution >= 0.6 is 11.6 Å². The van der Waals surface area contributed by atoms with Crippen molar-refractivity contribution in [3.63, 3.8) is 0 Å². The van der Waals surface area contributed by atoms with E-state index in [2.05, 4.69) is 49.7 Å². The minimum absolute atomic E-state index is 0.0728. The number of rotatable bonds is 16. The summed E-state index contributed by atoms with van der Waals surface area (Å²) in [5.41, 5.74) is 2.49. The predicted octanol–water partition coefficient (Wildman–Crippen LogP) is 6.46. The molecule has 1 saturated carbocycles. The zero-order valence-electron chi connectivity index (χ0n) is 32.2.